The van der Waals surface area contributed by atoms with Crippen LogP contribution in [0.3, 0.4) is 0 Å². The SMILES string of the molecule is Cl.Cl.c1cncc([C@H]2COCCN2)c1. The molecule has 1 aliphatic rings. The average molecular weight is 237 g/mol. The molecule has 14 heavy (non-hydrogen) atoms. The minimum atomic E-state index is 0. The predicted molar refractivity (Wildman–Crippen MR) is 60.3 cm³/mol. The standard InChI is InChI=1S/C9H12N2O.2ClH/c1-2-8(6-10-3-1)9-7-12-5-4-11-9;;/h1-3,6,9,11H,4-5,7H2;2*1H/t9-;;/m1../s1. The van der Waals surface area contributed by atoms with Crippen molar-refractivity contribution in [3.63, 3.8) is 0 Å². The molecule has 0 radical (unpaired) electrons. The monoisotopic (exact) mass is 236 g/mol. The zero-order valence-corrected chi connectivity index (χ0v) is 9.31. The van der Waals surface area contributed by atoms with E-state index in [4.69, 9.17) is 4.74 Å². The molecule has 0 unspecified atom stereocenters. The molecule has 5 heteroatoms. The molecule has 0 saturated carbocycles. The van der Waals surface area contributed by atoms with Crippen LogP contribution in [-0.4, -0.2) is 24.7 Å². The van der Waals surface area contributed by atoms with E-state index in [1.165, 1.54) is 5.56 Å². The lowest BCUT2D eigenvalue weighted by Crippen LogP contribution is -2.34. The Morgan fingerprint density at radius 2 is 2.29 bits per heavy atom. The lowest BCUT2D eigenvalue weighted by molar-refractivity contribution is 0.0768. The summed E-state index contributed by atoms with van der Waals surface area (Å²) in [7, 11) is 0. The highest BCUT2D eigenvalue weighted by Gasteiger charge is 2.14. The average Bonchev–Trinajstić information content (AvgIpc) is 2.21. The zero-order chi connectivity index (χ0) is 8.23. The molecule has 1 N–H and O–H groups in total. The summed E-state index contributed by atoms with van der Waals surface area (Å²) in [6.07, 6.45) is 3.67. The van der Waals surface area contributed by atoms with Gasteiger partial charge in [0, 0.05) is 18.9 Å². The minimum absolute atomic E-state index is 0. The Morgan fingerprint density at radius 3 is 2.86 bits per heavy atom. The van der Waals surface area contributed by atoms with Gasteiger partial charge in [-0.2, -0.15) is 0 Å². The summed E-state index contributed by atoms with van der Waals surface area (Å²) in [5.41, 5.74) is 1.21. The van der Waals surface area contributed by atoms with E-state index in [2.05, 4.69) is 16.4 Å². The topological polar surface area (TPSA) is 34.1 Å². The van der Waals surface area contributed by atoms with Crippen molar-refractivity contribution >= 4 is 24.8 Å². The van der Waals surface area contributed by atoms with Crippen LogP contribution in [0.15, 0.2) is 24.5 Å². The third kappa shape index (κ3) is 3.42. The number of ether oxygens (including phenoxy) is 1. The summed E-state index contributed by atoms with van der Waals surface area (Å²) in [6, 6.07) is 4.35. The second kappa shape index (κ2) is 7.01. The second-order valence-corrected chi connectivity index (χ2v) is 2.87. The Hall–Kier alpha value is -0.350. The molecular weight excluding hydrogens is 223 g/mol. The van der Waals surface area contributed by atoms with Crippen molar-refractivity contribution in [3.05, 3.63) is 30.1 Å². The molecule has 3 nitrogen and oxygen atoms in total. The Balaban J connectivity index is 0.000000845. The Kier molecular flexibility index (Phi) is 6.83. The molecule has 0 bridgehead atoms. The van der Waals surface area contributed by atoms with Crippen molar-refractivity contribution in [2.24, 2.45) is 0 Å². The summed E-state index contributed by atoms with van der Waals surface area (Å²) < 4.78 is 5.35. The van der Waals surface area contributed by atoms with Gasteiger partial charge in [0.2, 0.25) is 0 Å². The number of hydrogen-bond acceptors (Lipinski definition) is 3. The lowest BCUT2D eigenvalue weighted by Gasteiger charge is -2.23. The highest BCUT2D eigenvalue weighted by molar-refractivity contribution is 5.85. The Labute approximate surface area is 96.1 Å². The largest absolute Gasteiger partial charge is 0.378 e. The molecule has 80 valence electrons. The molecule has 0 amide bonds. The maximum atomic E-state index is 5.35. The van der Waals surface area contributed by atoms with Crippen LogP contribution in [0.2, 0.25) is 0 Å². The van der Waals surface area contributed by atoms with Crippen LogP contribution in [-0.2, 0) is 4.74 Å². The number of rotatable bonds is 1. The highest BCUT2D eigenvalue weighted by Crippen LogP contribution is 2.13. The number of halogens is 2. The van der Waals surface area contributed by atoms with E-state index in [-0.39, 0.29) is 24.8 Å². The van der Waals surface area contributed by atoms with E-state index < -0.39 is 0 Å². The van der Waals surface area contributed by atoms with Gasteiger partial charge in [-0.15, -0.1) is 24.8 Å². The molecule has 1 aromatic heterocycles. The van der Waals surface area contributed by atoms with Crippen LogP contribution in [0.4, 0.5) is 0 Å². The Bertz CT molecular complexity index is 240. The first-order chi connectivity index (χ1) is 5.97. The number of pyridine rings is 1. The van der Waals surface area contributed by atoms with E-state index in [1.807, 2.05) is 12.3 Å². The molecular formula is C9H14Cl2N2O. The third-order valence-electron chi connectivity index (χ3n) is 2.01. The van der Waals surface area contributed by atoms with E-state index in [9.17, 15) is 0 Å². The molecule has 0 aromatic carbocycles. The van der Waals surface area contributed by atoms with Crippen molar-refractivity contribution in [2.45, 2.75) is 6.04 Å². The molecule has 1 saturated heterocycles. The minimum Gasteiger partial charge on any atom is -0.378 e. The van der Waals surface area contributed by atoms with Crippen LogP contribution in [0.25, 0.3) is 0 Å². The van der Waals surface area contributed by atoms with Gasteiger partial charge in [0.1, 0.15) is 0 Å². The van der Waals surface area contributed by atoms with Gasteiger partial charge in [-0.1, -0.05) is 6.07 Å². The number of aromatic nitrogens is 1. The van der Waals surface area contributed by atoms with Crippen LogP contribution >= 0.6 is 24.8 Å². The first kappa shape index (κ1) is 13.7. The van der Waals surface area contributed by atoms with Gasteiger partial charge >= 0.3 is 0 Å². The van der Waals surface area contributed by atoms with E-state index >= 15 is 0 Å². The zero-order valence-electron chi connectivity index (χ0n) is 7.68. The summed E-state index contributed by atoms with van der Waals surface area (Å²) in [6.45, 7) is 2.50. The predicted octanol–water partition coefficient (Wildman–Crippen LogP) is 1.59. The van der Waals surface area contributed by atoms with E-state index in [0.717, 1.165) is 19.8 Å². The van der Waals surface area contributed by atoms with Crippen LogP contribution in [0.5, 0.6) is 0 Å². The van der Waals surface area contributed by atoms with Crippen LogP contribution < -0.4 is 5.32 Å². The Morgan fingerprint density at radius 1 is 1.43 bits per heavy atom. The van der Waals surface area contributed by atoms with E-state index in [0.29, 0.717) is 6.04 Å². The van der Waals surface area contributed by atoms with Gasteiger partial charge in [-0.25, -0.2) is 0 Å². The highest BCUT2D eigenvalue weighted by atomic mass is 35.5. The maximum Gasteiger partial charge on any atom is 0.0662 e. The fourth-order valence-electron chi connectivity index (χ4n) is 1.36. The molecule has 2 heterocycles. The molecule has 0 spiro atoms. The molecule has 1 fully saturated rings. The molecule has 0 aliphatic carbocycles. The fourth-order valence-corrected chi connectivity index (χ4v) is 1.36. The first-order valence-electron chi connectivity index (χ1n) is 4.18. The number of nitrogens with zero attached hydrogens (tertiary/aromatic N) is 1. The van der Waals surface area contributed by atoms with E-state index in [1.54, 1.807) is 6.20 Å². The quantitative estimate of drug-likeness (QED) is 0.805. The van der Waals surface area contributed by atoms with Gasteiger partial charge in [-0.3, -0.25) is 4.98 Å². The maximum absolute atomic E-state index is 5.35. The summed E-state index contributed by atoms with van der Waals surface area (Å²) in [5, 5.41) is 3.37. The summed E-state index contributed by atoms with van der Waals surface area (Å²) in [5.74, 6) is 0. The van der Waals surface area contributed by atoms with Crippen LogP contribution in [0.1, 0.15) is 11.6 Å². The number of nitrogens with one attached hydrogen (secondary N) is 1. The summed E-state index contributed by atoms with van der Waals surface area (Å²) in [4.78, 5) is 4.06. The van der Waals surface area contributed by atoms with Gasteiger partial charge < -0.3 is 10.1 Å². The van der Waals surface area contributed by atoms with Gasteiger partial charge in [-0.05, 0) is 11.6 Å². The van der Waals surface area contributed by atoms with Gasteiger partial charge in [0.25, 0.3) is 0 Å². The van der Waals surface area contributed by atoms with Crippen LogP contribution in [0, 0.1) is 0 Å². The molecule has 1 atom stereocenters. The smallest absolute Gasteiger partial charge is 0.0662 e. The fraction of sp³-hybridized carbons (Fsp3) is 0.444. The van der Waals surface area contributed by atoms with Crippen molar-refractivity contribution in [2.75, 3.05) is 19.8 Å². The lowest BCUT2D eigenvalue weighted by atomic mass is 10.1. The van der Waals surface area contributed by atoms with Crippen molar-refractivity contribution in [3.8, 4) is 0 Å². The molecule has 1 aliphatic heterocycles. The van der Waals surface area contributed by atoms with Crippen molar-refractivity contribution < 1.29 is 4.74 Å². The second-order valence-electron chi connectivity index (χ2n) is 2.87. The summed E-state index contributed by atoms with van der Waals surface area (Å²) >= 11 is 0. The first-order valence-corrected chi connectivity index (χ1v) is 4.18. The number of morpholine rings is 1. The van der Waals surface area contributed by atoms with Crippen molar-refractivity contribution in [1.82, 2.24) is 10.3 Å². The number of hydrogen-bond donors (Lipinski definition) is 1. The normalized spacial score (nSPS) is 20.4. The van der Waals surface area contributed by atoms with Gasteiger partial charge in [0.05, 0.1) is 19.3 Å². The van der Waals surface area contributed by atoms with Gasteiger partial charge in [0.15, 0.2) is 0 Å². The molecule has 1 aromatic rings. The third-order valence-corrected chi connectivity index (χ3v) is 2.01. The van der Waals surface area contributed by atoms with Crippen molar-refractivity contribution in [1.29, 1.82) is 0 Å². The molecule has 2 rings (SSSR count).